The van der Waals surface area contributed by atoms with Crippen molar-refractivity contribution >= 4 is 22.5 Å². The molecule has 1 aromatic heterocycles. The van der Waals surface area contributed by atoms with E-state index in [4.69, 9.17) is 0 Å². The van der Waals surface area contributed by atoms with Gasteiger partial charge in [-0.05, 0) is 62.3 Å². The van der Waals surface area contributed by atoms with Crippen molar-refractivity contribution in [1.82, 2.24) is 15.2 Å². The molecule has 4 aliphatic rings. The molecule has 6 rings (SSSR count). The fourth-order valence-electron chi connectivity index (χ4n) is 6.37. The maximum Gasteiger partial charge on any atom is 0.397 e. The van der Waals surface area contributed by atoms with Crippen LogP contribution in [0.15, 0.2) is 30.5 Å². The zero-order valence-electron chi connectivity index (χ0n) is 19.4. The summed E-state index contributed by atoms with van der Waals surface area (Å²) in [7, 11) is 0. The monoisotopic (exact) mass is 483 g/mol. The van der Waals surface area contributed by atoms with E-state index in [2.05, 4.69) is 21.3 Å². The molecule has 4 fully saturated rings. The number of nitriles is 1. The standard InChI is InChI=1S/C26H28F3N5O/c27-26(28,29)25-14-24(25,23(35)32-19-7-10-33(11-8-19)13-17-3-4-17)15-34(16-25)21-6-5-18(12-30)22-20(21)2-1-9-31-22/h1-2,5-6,9,17,19H,3-4,7-8,10-11,13-16H2,(H,32,35). The average molecular weight is 484 g/mol. The van der Waals surface area contributed by atoms with Crippen LogP contribution in [-0.4, -0.2) is 60.7 Å². The normalized spacial score (nSPS) is 29.1. The van der Waals surface area contributed by atoms with Gasteiger partial charge >= 0.3 is 6.18 Å². The number of carbonyl (C=O) groups is 1. The molecule has 0 spiro atoms. The Morgan fingerprint density at radius 3 is 2.63 bits per heavy atom. The Balaban J connectivity index is 1.23. The molecule has 3 heterocycles. The van der Waals surface area contributed by atoms with Crippen molar-refractivity contribution in [2.75, 3.05) is 37.6 Å². The maximum atomic E-state index is 14.4. The zero-order chi connectivity index (χ0) is 24.4. The third-order valence-electron chi connectivity index (χ3n) is 8.64. The van der Waals surface area contributed by atoms with Crippen LogP contribution in [0.1, 0.15) is 37.7 Å². The molecular formula is C26H28F3N5O. The molecule has 2 aromatic rings. The molecule has 184 valence electrons. The number of hydrogen-bond donors (Lipinski definition) is 1. The first-order valence-corrected chi connectivity index (χ1v) is 12.4. The summed E-state index contributed by atoms with van der Waals surface area (Å²) in [4.78, 5) is 21.8. The van der Waals surface area contributed by atoms with Crippen molar-refractivity contribution < 1.29 is 18.0 Å². The fourth-order valence-corrected chi connectivity index (χ4v) is 6.37. The third-order valence-corrected chi connectivity index (χ3v) is 8.64. The minimum Gasteiger partial charge on any atom is -0.369 e. The summed E-state index contributed by atoms with van der Waals surface area (Å²) >= 11 is 0. The number of amides is 1. The summed E-state index contributed by atoms with van der Waals surface area (Å²) in [5.41, 5.74) is -2.09. The van der Waals surface area contributed by atoms with Gasteiger partial charge in [0.15, 0.2) is 0 Å². The van der Waals surface area contributed by atoms with E-state index < -0.39 is 22.9 Å². The third kappa shape index (κ3) is 3.56. The lowest BCUT2D eigenvalue weighted by Crippen LogP contribution is -2.49. The minimum absolute atomic E-state index is 0.00869. The molecule has 1 aromatic carbocycles. The molecular weight excluding hydrogens is 455 g/mol. The van der Waals surface area contributed by atoms with Crippen LogP contribution in [0.25, 0.3) is 10.9 Å². The molecule has 2 aliphatic heterocycles. The largest absolute Gasteiger partial charge is 0.397 e. The van der Waals surface area contributed by atoms with Gasteiger partial charge in [0, 0.05) is 56.0 Å². The molecule has 0 radical (unpaired) electrons. The Morgan fingerprint density at radius 2 is 1.94 bits per heavy atom. The van der Waals surface area contributed by atoms with E-state index in [9.17, 15) is 23.2 Å². The molecule has 2 unspecified atom stereocenters. The van der Waals surface area contributed by atoms with Crippen LogP contribution in [0.5, 0.6) is 0 Å². The predicted octanol–water partition coefficient (Wildman–Crippen LogP) is 3.86. The summed E-state index contributed by atoms with van der Waals surface area (Å²) in [6, 6.07) is 8.77. The SMILES string of the molecule is N#Cc1ccc(N2CC3(C(=O)NC4CCN(CC5CC5)CC4)CC3(C(F)(F)F)C2)c2cccnc12. The minimum atomic E-state index is -4.48. The van der Waals surface area contributed by atoms with E-state index in [0.717, 1.165) is 38.4 Å². The van der Waals surface area contributed by atoms with Crippen LogP contribution in [0.4, 0.5) is 18.9 Å². The number of anilines is 1. The van der Waals surface area contributed by atoms with Gasteiger partial charge in [-0.1, -0.05) is 0 Å². The quantitative estimate of drug-likeness (QED) is 0.700. The Morgan fingerprint density at radius 1 is 1.17 bits per heavy atom. The van der Waals surface area contributed by atoms with Crippen LogP contribution >= 0.6 is 0 Å². The van der Waals surface area contributed by atoms with Gasteiger partial charge in [0.25, 0.3) is 0 Å². The van der Waals surface area contributed by atoms with Crippen molar-refractivity contribution in [3.05, 3.63) is 36.0 Å². The number of halogens is 3. The topological polar surface area (TPSA) is 72.3 Å². The number of benzene rings is 1. The zero-order valence-corrected chi connectivity index (χ0v) is 19.4. The first-order chi connectivity index (χ1) is 16.8. The summed E-state index contributed by atoms with van der Waals surface area (Å²) in [6.45, 7) is 2.61. The summed E-state index contributed by atoms with van der Waals surface area (Å²) in [5.74, 6) is 0.339. The molecule has 1 amide bonds. The lowest BCUT2D eigenvalue weighted by molar-refractivity contribution is -0.191. The molecule has 2 aliphatic carbocycles. The number of rotatable bonds is 5. The highest BCUT2D eigenvalue weighted by molar-refractivity contribution is 5.97. The maximum absolute atomic E-state index is 14.4. The van der Waals surface area contributed by atoms with E-state index in [1.807, 2.05) is 0 Å². The lowest BCUT2D eigenvalue weighted by Gasteiger charge is -2.33. The number of nitrogens with zero attached hydrogens (tertiary/aromatic N) is 4. The number of pyridine rings is 1. The van der Waals surface area contributed by atoms with E-state index >= 15 is 0 Å². The van der Waals surface area contributed by atoms with E-state index in [0.29, 0.717) is 22.2 Å². The van der Waals surface area contributed by atoms with Crippen LogP contribution in [0.2, 0.25) is 0 Å². The van der Waals surface area contributed by atoms with Crippen molar-refractivity contribution in [3.63, 3.8) is 0 Å². The molecule has 35 heavy (non-hydrogen) atoms. The van der Waals surface area contributed by atoms with Gasteiger partial charge in [-0.2, -0.15) is 18.4 Å². The average Bonchev–Trinajstić information content (AvgIpc) is 3.76. The van der Waals surface area contributed by atoms with Gasteiger partial charge in [-0.25, -0.2) is 0 Å². The second-order valence-corrected chi connectivity index (χ2v) is 10.8. The first kappa shape index (κ1) is 22.6. The number of likely N-dealkylation sites (tertiary alicyclic amines) is 1. The summed E-state index contributed by atoms with van der Waals surface area (Å²) in [6.07, 6.45) is 1.06. The van der Waals surface area contributed by atoms with Crippen LogP contribution in [0, 0.1) is 28.1 Å². The van der Waals surface area contributed by atoms with E-state index in [-0.39, 0.29) is 25.6 Å². The fraction of sp³-hybridized carbons (Fsp3) is 0.577. The summed E-state index contributed by atoms with van der Waals surface area (Å²) in [5, 5.41) is 13.0. The van der Waals surface area contributed by atoms with Gasteiger partial charge in [0.05, 0.1) is 16.5 Å². The number of aromatic nitrogens is 1. The Hall–Kier alpha value is -2.86. The number of nitrogens with one attached hydrogen (secondary N) is 1. The second-order valence-electron chi connectivity index (χ2n) is 10.8. The Labute approximate surface area is 202 Å². The predicted molar refractivity (Wildman–Crippen MR) is 125 cm³/mol. The van der Waals surface area contributed by atoms with Crippen molar-refractivity contribution in [2.45, 2.75) is 44.3 Å². The van der Waals surface area contributed by atoms with Crippen molar-refractivity contribution in [3.8, 4) is 6.07 Å². The highest BCUT2D eigenvalue weighted by Crippen LogP contribution is 2.75. The molecule has 2 saturated heterocycles. The van der Waals surface area contributed by atoms with Gasteiger partial charge in [-0.15, -0.1) is 0 Å². The Kier molecular flexibility index (Phi) is 5.05. The molecule has 6 nitrogen and oxygen atoms in total. The van der Waals surface area contributed by atoms with Gasteiger partial charge in [-0.3, -0.25) is 9.78 Å². The van der Waals surface area contributed by atoms with E-state index in [1.54, 1.807) is 35.4 Å². The number of carbonyl (C=O) groups excluding carboxylic acids is 1. The van der Waals surface area contributed by atoms with Crippen molar-refractivity contribution in [2.24, 2.45) is 16.7 Å². The van der Waals surface area contributed by atoms with Gasteiger partial charge < -0.3 is 15.1 Å². The number of alkyl halides is 3. The van der Waals surface area contributed by atoms with E-state index in [1.165, 1.54) is 12.8 Å². The van der Waals surface area contributed by atoms with Gasteiger partial charge in [0.1, 0.15) is 11.5 Å². The molecule has 9 heteroatoms. The lowest BCUT2D eigenvalue weighted by atomic mass is 9.93. The van der Waals surface area contributed by atoms with Crippen LogP contribution in [0.3, 0.4) is 0 Å². The second kappa shape index (κ2) is 7.82. The molecule has 0 bridgehead atoms. The van der Waals surface area contributed by atoms with Gasteiger partial charge in [0.2, 0.25) is 5.91 Å². The molecule has 2 atom stereocenters. The molecule has 1 N–H and O–H groups in total. The Bertz CT molecular complexity index is 1210. The highest BCUT2D eigenvalue weighted by Gasteiger charge is 2.86. The van der Waals surface area contributed by atoms with Crippen molar-refractivity contribution in [1.29, 1.82) is 5.26 Å². The smallest absolute Gasteiger partial charge is 0.369 e. The molecule has 2 saturated carbocycles. The highest BCUT2D eigenvalue weighted by atomic mass is 19.4. The number of hydrogen-bond acceptors (Lipinski definition) is 5. The summed E-state index contributed by atoms with van der Waals surface area (Å²) < 4.78 is 43.2. The first-order valence-electron chi connectivity index (χ1n) is 12.4. The number of piperidine rings is 2. The van der Waals surface area contributed by atoms with Crippen LogP contribution in [-0.2, 0) is 4.79 Å². The van der Waals surface area contributed by atoms with Crippen LogP contribution < -0.4 is 10.2 Å². The number of fused-ring (bicyclic) bond motifs is 2.